The minimum atomic E-state index is -0.158. The Labute approximate surface area is 159 Å². The van der Waals surface area contributed by atoms with Gasteiger partial charge in [-0.1, -0.05) is 24.3 Å². The largest absolute Gasteiger partial charge is 0.492 e. The predicted octanol–water partition coefficient (Wildman–Crippen LogP) is 3.69. The SMILES string of the molecule is CCOc1ccccc1NCC(=O)Nc1ccccc1OCC1CCCO1. The molecule has 6 nitrogen and oxygen atoms in total. The normalized spacial score (nSPS) is 16.0. The summed E-state index contributed by atoms with van der Waals surface area (Å²) < 4.78 is 17.0. The number of benzene rings is 2. The first-order chi connectivity index (χ1) is 13.3. The van der Waals surface area contributed by atoms with E-state index in [4.69, 9.17) is 14.2 Å². The van der Waals surface area contributed by atoms with Crippen molar-refractivity contribution in [2.24, 2.45) is 0 Å². The lowest BCUT2D eigenvalue weighted by Crippen LogP contribution is -2.23. The van der Waals surface area contributed by atoms with Gasteiger partial charge in [0.15, 0.2) is 0 Å². The van der Waals surface area contributed by atoms with Crippen molar-refractivity contribution in [2.75, 3.05) is 37.0 Å². The zero-order chi connectivity index (χ0) is 18.9. The molecule has 144 valence electrons. The Morgan fingerprint density at radius 1 is 1.07 bits per heavy atom. The Hall–Kier alpha value is -2.73. The van der Waals surface area contributed by atoms with Gasteiger partial charge >= 0.3 is 0 Å². The van der Waals surface area contributed by atoms with Crippen molar-refractivity contribution in [3.63, 3.8) is 0 Å². The van der Waals surface area contributed by atoms with E-state index >= 15 is 0 Å². The third kappa shape index (κ3) is 5.62. The molecule has 0 spiro atoms. The van der Waals surface area contributed by atoms with Crippen molar-refractivity contribution in [2.45, 2.75) is 25.9 Å². The molecular weight excluding hydrogens is 344 g/mol. The third-order valence-corrected chi connectivity index (χ3v) is 4.24. The molecule has 1 saturated heterocycles. The molecule has 1 fully saturated rings. The second kappa shape index (κ2) is 9.83. The summed E-state index contributed by atoms with van der Waals surface area (Å²) in [5, 5.41) is 6.02. The number of amides is 1. The molecule has 2 N–H and O–H groups in total. The van der Waals surface area contributed by atoms with E-state index in [1.807, 2.05) is 55.5 Å². The number of carbonyl (C=O) groups excluding carboxylic acids is 1. The summed E-state index contributed by atoms with van der Waals surface area (Å²) in [5.41, 5.74) is 1.44. The van der Waals surface area contributed by atoms with Gasteiger partial charge in [0.1, 0.15) is 18.1 Å². The highest BCUT2D eigenvalue weighted by molar-refractivity contribution is 5.95. The molecule has 1 aliphatic rings. The van der Waals surface area contributed by atoms with E-state index < -0.39 is 0 Å². The Morgan fingerprint density at radius 2 is 1.78 bits per heavy atom. The van der Waals surface area contributed by atoms with Crippen LogP contribution in [0.4, 0.5) is 11.4 Å². The molecular formula is C21H26N2O4. The predicted molar refractivity (Wildman–Crippen MR) is 106 cm³/mol. The molecule has 0 aromatic heterocycles. The van der Waals surface area contributed by atoms with Crippen molar-refractivity contribution in [3.05, 3.63) is 48.5 Å². The van der Waals surface area contributed by atoms with Crippen LogP contribution in [0.1, 0.15) is 19.8 Å². The van der Waals surface area contributed by atoms with E-state index in [0.29, 0.717) is 24.7 Å². The monoisotopic (exact) mass is 370 g/mol. The van der Waals surface area contributed by atoms with Crippen molar-refractivity contribution in [3.8, 4) is 11.5 Å². The molecule has 1 atom stereocenters. The highest BCUT2D eigenvalue weighted by Crippen LogP contribution is 2.26. The summed E-state index contributed by atoms with van der Waals surface area (Å²) in [5.74, 6) is 1.22. The van der Waals surface area contributed by atoms with Gasteiger partial charge < -0.3 is 24.8 Å². The minimum Gasteiger partial charge on any atom is -0.492 e. The Bertz CT molecular complexity index is 744. The van der Waals surface area contributed by atoms with Crippen LogP contribution in [0.25, 0.3) is 0 Å². The second-order valence-electron chi connectivity index (χ2n) is 6.27. The number of rotatable bonds is 9. The van der Waals surface area contributed by atoms with E-state index in [1.54, 1.807) is 0 Å². The van der Waals surface area contributed by atoms with E-state index in [2.05, 4.69) is 10.6 Å². The summed E-state index contributed by atoms with van der Waals surface area (Å²) in [7, 11) is 0. The number of carbonyl (C=O) groups is 1. The van der Waals surface area contributed by atoms with E-state index in [0.717, 1.165) is 30.9 Å². The lowest BCUT2D eigenvalue weighted by molar-refractivity contribution is -0.114. The van der Waals surface area contributed by atoms with Crippen LogP contribution < -0.4 is 20.1 Å². The van der Waals surface area contributed by atoms with Crippen LogP contribution in [0.3, 0.4) is 0 Å². The lowest BCUT2D eigenvalue weighted by atomic mass is 10.2. The Morgan fingerprint density at radius 3 is 2.48 bits per heavy atom. The number of hydrogen-bond acceptors (Lipinski definition) is 5. The zero-order valence-electron chi connectivity index (χ0n) is 15.6. The van der Waals surface area contributed by atoms with Gasteiger partial charge in [-0.2, -0.15) is 0 Å². The zero-order valence-corrected chi connectivity index (χ0v) is 15.6. The molecule has 6 heteroatoms. The molecule has 1 unspecified atom stereocenters. The number of ether oxygens (including phenoxy) is 3. The fourth-order valence-corrected chi connectivity index (χ4v) is 2.92. The molecule has 0 radical (unpaired) electrons. The molecule has 1 amide bonds. The first kappa shape index (κ1) is 19.0. The molecule has 0 aliphatic carbocycles. The number of para-hydroxylation sites is 4. The Balaban J connectivity index is 1.54. The third-order valence-electron chi connectivity index (χ3n) is 4.24. The maximum Gasteiger partial charge on any atom is 0.243 e. The maximum atomic E-state index is 12.4. The van der Waals surface area contributed by atoms with Gasteiger partial charge in [0.2, 0.25) is 5.91 Å². The van der Waals surface area contributed by atoms with Crippen LogP contribution >= 0.6 is 0 Å². The topological polar surface area (TPSA) is 68.8 Å². The number of nitrogens with one attached hydrogen (secondary N) is 2. The highest BCUT2D eigenvalue weighted by atomic mass is 16.5. The van der Waals surface area contributed by atoms with Crippen LogP contribution in [-0.2, 0) is 9.53 Å². The van der Waals surface area contributed by atoms with Gasteiger partial charge in [-0.15, -0.1) is 0 Å². The first-order valence-electron chi connectivity index (χ1n) is 9.35. The summed E-state index contributed by atoms with van der Waals surface area (Å²) in [6.45, 7) is 3.91. The average Bonchev–Trinajstić information content (AvgIpc) is 3.20. The van der Waals surface area contributed by atoms with Crippen LogP contribution in [0, 0.1) is 0 Å². The van der Waals surface area contributed by atoms with Crippen molar-refractivity contribution < 1.29 is 19.0 Å². The van der Waals surface area contributed by atoms with Crippen LogP contribution in [0.2, 0.25) is 0 Å². The molecule has 2 aromatic rings. The number of anilines is 2. The quantitative estimate of drug-likeness (QED) is 0.704. The van der Waals surface area contributed by atoms with Crippen molar-refractivity contribution in [1.82, 2.24) is 0 Å². The van der Waals surface area contributed by atoms with E-state index in [-0.39, 0.29) is 18.6 Å². The van der Waals surface area contributed by atoms with Gasteiger partial charge in [0, 0.05) is 6.61 Å². The summed E-state index contributed by atoms with van der Waals surface area (Å²) in [6.07, 6.45) is 2.21. The van der Waals surface area contributed by atoms with Crippen LogP contribution in [0.5, 0.6) is 11.5 Å². The van der Waals surface area contributed by atoms with Gasteiger partial charge in [0.05, 0.1) is 30.6 Å². The average molecular weight is 370 g/mol. The van der Waals surface area contributed by atoms with E-state index in [1.165, 1.54) is 0 Å². The van der Waals surface area contributed by atoms with Gasteiger partial charge in [0.25, 0.3) is 0 Å². The molecule has 27 heavy (non-hydrogen) atoms. The lowest BCUT2D eigenvalue weighted by Gasteiger charge is -2.16. The molecule has 0 bridgehead atoms. The standard InChI is InChI=1S/C21H26N2O4/c1-2-25-19-11-5-3-9-17(19)22-14-21(24)23-18-10-4-6-12-20(18)27-15-16-8-7-13-26-16/h3-6,9-12,16,22H,2,7-8,13-15H2,1H3,(H,23,24). The first-order valence-corrected chi connectivity index (χ1v) is 9.35. The fourth-order valence-electron chi connectivity index (χ4n) is 2.92. The summed E-state index contributed by atoms with van der Waals surface area (Å²) >= 11 is 0. The molecule has 0 saturated carbocycles. The summed E-state index contributed by atoms with van der Waals surface area (Å²) in [6, 6.07) is 15.0. The summed E-state index contributed by atoms with van der Waals surface area (Å²) in [4.78, 5) is 12.4. The molecule has 3 rings (SSSR count). The van der Waals surface area contributed by atoms with Crippen LogP contribution in [-0.4, -0.2) is 38.4 Å². The number of hydrogen-bond donors (Lipinski definition) is 2. The fraction of sp³-hybridized carbons (Fsp3) is 0.381. The van der Waals surface area contributed by atoms with Gasteiger partial charge in [-0.3, -0.25) is 4.79 Å². The van der Waals surface area contributed by atoms with Gasteiger partial charge in [-0.25, -0.2) is 0 Å². The van der Waals surface area contributed by atoms with Crippen molar-refractivity contribution >= 4 is 17.3 Å². The smallest absolute Gasteiger partial charge is 0.243 e. The maximum absolute atomic E-state index is 12.4. The van der Waals surface area contributed by atoms with E-state index in [9.17, 15) is 4.79 Å². The Kier molecular flexibility index (Phi) is 6.93. The minimum absolute atomic E-state index is 0.129. The highest BCUT2D eigenvalue weighted by Gasteiger charge is 2.17. The molecule has 1 heterocycles. The molecule has 1 aliphatic heterocycles. The van der Waals surface area contributed by atoms with Crippen LogP contribution in [0.15, 0.2) is 48.5 Å². The van der Waals surface area contributed by atoms with Crippen molar-refractivity contribution in [1.29, 1.82) is 0 Å². The van der Waals surface area contributed by atoms with Gasteiger partial charge in [-0.05, 0) is 44.0 Å². The second-order valence-corrected chi connectivity index (χ2v) is 6.27. The molecule has 2 aromatic carbocycles.